The minimum atomic E-state index is -0.620. The Morgan fingerprint density at radius 1 is 1.05 bits per heavy atom. The summed E-state index contributed by atoms with van der Waals surface area (Å²) in [5.74, 6) is -2.00. The van der Waals surface area contributed by atoms with E-state index in [9.17, 15) is 18.4 Å². The third-order valence-electron chi connectivity index (χ3n) is 8.72. The number of anilines is 1. The number of amides is 2. The van der Waals surface area contributed by atoms with Gasteiger partial charge in [0.15, 0.2) is 0 Å². The molecule has 0 saturated carbocycles. The van der Waals surface area contributed by atoms with Crippen LogP contribution in [0.1, 0.15) is 63.3 Å². The highest BCUT2D eigenvalue weighted by Gasteiger charge is 2.44. The number of hydrogen-bond donors (Lipinski definition) is 0. The molecule has 2 saturated heterocycles. The molecule has 2 aliphatic rings. The molecular formula is C31H41ClF2N4O2. The Bertz CT molecular complexity index is 1270. The minimum Gasteiger partial charge on any atom is -0.368 e. The lowest BCUT2D eigenvalue weighted by Crippen LogP contribution is -2.51. The number of halogens is 3. The number of rotatable bonds is 5. The molecular weight excluding hydrogens is 534 g/mol. The average Bonchev–Trinajstić information content (AvgIpc) is 3.34. The molecule has 3 atom stereocenters. The van der Waals surface area contributed by atoms with Gasteiger partial charge in [0.1, 0.15) is 11.6 Å². The van der Waals surface area contributed by atoms with E-state index in [4.69, 9.17) is 11.6 Å². The zero-order valence-electron chi connectivity index (χ0n) is 24.6. The third-order valence-corrected chi connectivity index (χ3v) is 9.12. The molecule has 2 heterocycles. The molecule has 4 rings (SSSR count). The van der Waals surface area contributed by atoms with Crippen LogP contribution in [0.15, 0.2) is 30.3 Å². The number of piperazine rings is 1. The smallest absolute Gasteiger partial charge is 0.227 e. The summed E-state index contributed by atoms with van der Waals surface area (Å²) in [6, 6.07) is 7.52. The van der Waals surface area contributed by atoms with Crippen molar-refractivity contribution < 1.29 is 18.4 Å². The average molecular weight is 575 g/mol. The highest BCUT2D eigenvalue weighted by molar-refractivity contribution is 6.31. The fourth-order valence-electron chi connectivity index (χ4n) is 5.90. The Hall–Kier alpha value is -2.71. The number of carbonyl (C=O) groups is 2. The molecule has 0 radical (unpaired) electrons. The van der Waals surface area contributed by atoms with E-state index in [-0.39, 0.29) is 29.3 Å². The molecule has 2 aliphatic heterocycles. The zero-order chi connectivity index (χ0) is 29.5. The monoisotopic (exact) mass is 574 g/mol. The first-order chi connectivity index (χ1) is 18.7. The summed E-state index contributed by atoms with van der Waals surface area (Å²) in [4.78, 5) is 34.1. The van der Waals surface area contributed by atoms with Gasteiger partial charge in [-0.3, -0.25) is 14.5 Å². The van der Waals surface area contributed by atoms with Gasteiger partial charge in [0.25, 0.3) is 0 Å². The highest BCUT2D eigenvalue weighted by atomic mass is 35.5. The van der Waals surface area contributed by atoms with Crippen LogP contribution in [0.5, 0.6) is 0 Å². The van der Waals surface area contributed by atoms with Crippen LogP contribution in [0.25, 0.3) is 0 Å². The van der Waals surface area contributed by atoms with Crippen molar-refractivity contribution in [3.05, 3.63) is 63.7 Å². The van der Waals surface area contributed by atoms with Gasteiger partial charge in [0, 0.05) is 81.5 Å². The van der Waals surface area contributed by atoms with Gasteiger partial charge in [-0.25, -0.2) is 8.78 Å². The van der Waals surface area contributed by atoms with Crippen molar-refractivity contribution in [3.8, 4) is 0 Å². The first-order valence-electron chi connectivity index (χ1n) is 14.0. The van der Waals surface area contributed by atoms with Crippen molar-refractivity contribution in [3.63, 3.8) is 0 Å². The van der Waals surface area contributed by atoms with Crippen LogP contribution in [0, 0.1) is 24.5 Å². The van der Waals surface area contributed by atoms with Gasteiger partial charge in [-0.15, -0.1) is 0 Å². The van der Waals surface area contributed by atoms with Gasteiger partial charge in [0.2, 0.25) is 11.8 Å². The summed E-state index contributed by atoms with van der Waals surface area (Å²) in [5.41, 5.74) is 3.14. The van der Waals surface area contributed by atoms with Crippen LogP contribution in [0.2, 0.25) is 5.02 Å². The molecule has 0 bridgehead atoms. The number of likely N-dealkylation sites (tertiary alicyclic amines) is 1. The fourth-order valence-corrected chi connectivity index (χ4v) is 6.06. The van der Waals surface area contributed by atoms with Crippen molar-refractivity contribution >= 4 is 29.1 Å². The van der Waals surface area contributed by atoms with Crippen molar-refractivity contribution in [1.29, 1.82) is 0 Å². The number of hydrogen-bond acceptors (Lipinski definition) is 4. The SMILES string of the molecule is CC(=O)N(C)C(C)c1cc(C)c(Cl)cc1N1CCN(C(=O)[C@@H]2CN(C(C)(C)C)C[C@H]2c2ccc(F)cc2F)CC1. The second-order valence-corrected chi connectivity index (χ2v) is 12.6. The first-order valence-corrected chi connectivity index (χ1v) is 14.3. The summed E-state index contributed by atoms with van der Waals surface area (Å²) in [6.45, 7) is 15.1. The summed E-state index contributed by atoms with van der Waals surface area (Å²) in [7, 11) is 1.79. The number of nitrogens with zero attached hydrogens (tertiary/aromatic N) is 4. The lowest BCUT2D eigenvalue weighted by Gasteiger charge is -2.40. The normalized spacial score (nSPS) is 21.1. The molecule has 2 aromatic carbocycles. The maximum atomic E-state index is 14.9. The molecule has 218 valence electrons. The van der Waals surface area contributed by atoms with Crippen LogP contribution in [0.3, 0.4) is 0 Å². The largest absolute Gasteiger partial charge is 0.368 e. The van der Waals surface area contributed by atoms with E-state index in [1.54, 1.807) is 18.9 Å². The van der Waals surface area contributed by atoms with Gasteiger partial charge in [-0.05, 0) is 63.4 Å². The molecule has 9 heteroatoms. The van der Waals surface area contributed by atoms with Crippen LogP contribution < -0.4 is 4.90 Å². The van der Waals surface area contributed by atoms with E-state index < -0.39 is 17.6 Å². The van der Waals surface area contributed by atoms with Gasteiger partial charge >= 0.3 is 0 Å². The Kier molecular flexibility index (Phi) is 8.81. The van der Waals surface area contributed by atoms with E-state index in [2.05, 4.69) is 30.6 Å². The zero-order valence-corrected chi connectivity index (χ0v) is 25.4. The molecule has 2 amide bonds. The first kappa shape index (κ1) is 30.3. The van der Waals surface area contributed by atoms with Crippen molar-refractivity contribution in [1.82, 2.24) is 14.7 Å². The van der Waals surface area contributed by atoms with Crippen LogP contribution >= 0.6 is 11.6 Å². The van der Waals surface area contributed by atoms with E-state index >= 15 is 0 Å². The van der Waals surface area contributed by atoms with Gasteiger partial charge < -0.3 is 14.7 Å². The van der Waals surface area contributed by atoms with Crippen LogP contribution in [-0.4, -0.2) is 78.4 Å². The maximum Gasteiger partial charge on any atom is 0.227 e. The van der Waals surface area contributed by atoms with Gasteiger partial charge in [0.05, 0.1) is 12.0 Å². The second kappa shape index (κ2) is 11.6. The number of carbonyl (C=O) groups excluding carboxylic acids is 2. The van der Waals surface area contributed by atoms with Crippen LogP contribution in [-0.2, 0) is 9.59 Å². The summed E-state index contributed by atoms with van der Waals surface area (Å²) in [6.07, 6.45) is 0. The van der Waals surface area contributed by atoms with E-state index in [1.807, 2.05) is 30.9 Å². The predicted octanol–water partition coefficient (Wildman–Crippen LogP) is 5.63. The molecule has 2 aromatic rings. The Balaban J connectivity index is 1.55. The molecule has 1 unspecified atom stereocenters. The topological polar surface area (TPSA) is 47.1 Å². The minimum absolute atomic E-state index is 0.00645. The summed E-state index contributed by atoms with van der Waals surface area (Å²) < 4.78 is 28.6. The highest BCUT2D eigenvalue weighted by Crippen LogP contribution is 2.39. The van der Waals surface area contributed by atoms with E-state index in [1.165, 1.54) is 12.1 Å². The third kappa shape index (κ3) is 6.13. The quantitative estimate of drug-likeness (QED) is 0.464. The molecule has 40 heavy (non-hydrogen) atoms. The summed E-state index contributed by atoms with van der Waals surface area (Å²) >= 11 is 6.53. The Labute approximate surface area is 241 Å². The summed E-state index contributed by atoms with van der Waals surface area (Å²) in [5, 5.41) is 0.660. The van der Waals surface area contributed by atoms with E-state index in [0.717, 1.165) is 22.9 Å². The molecule has 0 aromatic heterocycles. The standard InChI is InChI=1S/C31H41ClF2N4O2/c1-19-14-24(20(2)35(7)21(3)39)29(16-27(19)32)36-10-12-37(13-11-36)30(40)26-18-38(31(4,5)6)17-25(26)23-9-8-22(33)15-28(23)34/h8-9,14-16,20,25-26H,10-13,17-18H2,1-7H3/t20?,25-,26+/m0/s1. The molecule has 0 aliphatic carbocycles. The maximum absolute atomic E-state index is 14.9. The number of aryl methyl sites for hydroxylation is 1. The second-order valence-electron chi connectivity index (χ2n) is 12.2. The molecule has 6 nitrogen and oxygen atoms in total. The van der Waals surface area contributed by atoms with Gasteiger partial charge in [-0.2, -0.15) is 0 Å². The fraction of sp³-hybridized carbons (Fsp3) is 0.548. The molecule has 0 N–H and O–H groups in total. The molecule has 0 spiro atoms. The van der Waals surface area contributed by atoms with E-state index in [0.29, 0.717) is 49.9 Å². The molecule has 2 fully saturated rings. The lowest BCUT2D eigenvalue weighted by molar-refractivity contribution is -0.136. The van der Waals surface area contributed by atoms with Gasteiger partial charge in [-0.1, -0.05) is 23.7 Å². The Morgan fingerprint density at radius 2 is 1.70 bits per heavy atom. The number of benzene rings is 2. The van der Waals surface area contributed by atoms with Crippen molar-refractivity contribution in [2.75, 3.05) is 51.2 Å². The van der Waals surface area contributed by atoms with Crippen molar-refractivity contribution in [2.45, 2.75) is 59.0 Å². The van der Waals surface area contributed by atoms with Crippen LogP contribution in [0.4, 0.5) is 14.5 Å². The Morgan fingerprint density at radius 3 is 2.27 bits per heavy atom. The lowest BCUT2D eigenvalue weighted by atomic mass is 9.87. The van der Waals surface area contributed by atoms with Crippen molar-refractivity contribution in [2.24, 2.45) is 5.92 Å². The predicted molar refractivity (Wildman–Crippen MR) is 156 cm³/mol.